The van der Waals surface area contributed by atoms with Gasteiger partial charge in [0, 0.05) is 18.7 Å². The summed E-state index contributed by atoms with van der Waals surface area (Å²) in [6.07, 6.45) is -2.51. The number of hydrogen-bond donors (Lipinski definition) is 3. The van der Waals surface area contributed by atoms with E-state index in [1.54, 1.807) is 0 Å². The highest BCUT2D eigenvalue weighted by Gasteiger charge is 2.22. The van der Waals surface area contributed by atoms with Gasteiger partial charge in [0.1, 0.15) is 11.8 Å². The fourth-order valence-electron chi connectivity index (χ4n) is 1.42. The zero-order valence-corrected chi connectivity index (χ0v) is 11.0. The minimum absolute atomic E-state index is 0.00861. The predicted octanol–water partition coefficient (Wildman–Crippen LogP) is 0.851. The molecular weight excluding hydrogens is 272 g/mol. The van der Waals surface area contributed by atoms with Crippen molar-refractivity contribution in [3.05, 3.63) is 33.9 Å². The number of carbonyl (C=O) groups is 1. The Hall–Kier alpha value is -1.64. The Morgan fingerprint density at radius 2 is 2.16 bits per heavy atom. The zero-order valence-electron chi connectivity index (χ0n) is 10.1. The quantitative estimate of drug-likeness (QED) is 0.416. The van der Waals surface area contributed by atoms with Gasteiger partial charge in [0.2, 0.25) is 0 Å². The minimum Gasteiger partial charge on any atom is -0.393 e. The van der Waals surface area contributed by atoms with E-state index in [1.807, 2.05) is 0 Å². The molecule has 0 aliphatic rings. The number of hydrogen-bond acceptors (Lipinski definition) is 7. The lowest BCUT2D eigenvalue weighted by Gasteiger charge is -2.17. The zero-order chi connectivity index (χ0) is 14.6. The summed E-state index contributed by atoms with van der Waals surface area (Å²) in [6, 6.07) is 3.80. The van der Waals surface area contributed by atoms with Crippen molar-refractivity contribution >= 4 is 28.3 Å². The number of anilines is 1. The van der Waals surface area contributed by atoms with Crippen molar-refractivity contribution < 1.29 is 19.9 Å². The first-order valence-corrected chi connectivity index (χ1v) is 6.34. The van der Waals surface area contributed by atoms with Gasteiger partial charge in [-0.25, -0.2) is 0 Å². The molecule has 8 heteroatoms. The average molecular weight is 286 g/mol. The Balaban J connectivity index is 2.87. The Labute approximate surface area is 113 Å². The maximum atomic E-state index is 10.8. The van der Waals surface area contributed by atoms with Crippen LogP contribution >= 0.6 is 11.8 Å². The lowest BCUT2D eigenvalue weighted by Crippen LogP contribution is -2.21. The fourth-order valence-corrected chi connectivity index (χ4v) is 2.01. The third-order valence-electron chi connectivity index (χ3n) is 2.41. The summed E-state index contributed by atoms with van der Waals surface area (Å²) in [6.45, 7) is 1.35. The van der Waals surface area contributed by atoms with Gasteiger partial charge in [0.05, 0.1) is 11.0 Å². The first kappa shape index (κ1) is 15.4. The van der Waals surface area contributed by atoms with E-state index in [9.17, 15) is 25.1 Å². The standard InChI is InChI=1S/C11H14N2O5S/c1-6(14)19-5-10(15)11(16)7-2-3-8(12)9(4-7)13(17)18/h2-4,10-11,15-16H,5,12H2,1H3. The molecular formula is C11H14N2O5S. The normalized spacial score (nSPS) is 13.8. The highest BCUT2D eigenvalue weighted by Crippen LogP contribution is 2.27. The smallest absolute Gasteiger partial charge is 0.292 e. The van der Waals surface area contributed by atoms with E-state index < -0.39 is 17.1 Å². The van der Waals surface area contributed by atoms with Gasteiger partial charge in [0.15, 0.2) is 5.12 Å². The first-order chi connectivity index (χ1) is 8.82. The summed E-state index contributed by atoms with van der Waals surface area (Å²) < 4.78 is 0. The highest BCUT2D eigenvalue weighted by atomic mass is 32.2. The third kappa shape index (κ3) is 4.19. The van der Waals surface area contributed by atoms with Crippen molar-refractivity contribution in [3.8, 4) is 0 Å². The second-order valence-corrected chi connectivity index (χ2v) is 5.09. The summed E-state index contributed by atoms with van der Waals surface area (Å²) in [7, 11) is 0. The molecule has 104 valence electrons. The van der Waals surface area contributed by atoms with Crippen molar-refractivity contribution in [2.45, 2.75) is 19.1 Å². The van der Waals surface area contributed by atoms with E-state index in [4.69, 9.17) is 5.73 Å². The van der Waals surface area contributed by atoms with E-state index in [0.29, 0.717) is 0 Å². The van der Waals surface area contributed by atoms with Crippen LogP contribution in [0.15, 0.2) is 18.2 Å². The van der Waals surface area contributed by atoms with Crippen LogP contribution in [0, 0.1) is 10.1 Å². The molecule has 2 unspecified atom stereocenters. The van der Waals surface area contributed by atoms with Crippen molar-refractivity contribution in [1.82, 2.24) is 0 Å². The summed E-state index contributed by atoms with van der Waals surface area (Å²) >= 11 is 0.869. The fraction of sp³-hybridized carbons (Fsp3) is 0.364. The minimum atomic E-state index is -1.31. The van der Waals surface area contributed by atoms with Crippen LogP contribution in [0.5, 0.6) is 0 Å². The molecule has 0 saturated carbocycles. The molecule has 0 fully saturated rings. The van der Waals surface area contributed by atoms with Crippen molar-refractivity contribution in [2.75, 3.05) is 11.5 Å². The molecule has 19 heavy (non-hydrogen) atoms. The molecule has 1 rings (SSSR count). The van der Waals surface area contributed by atoms with E-state index in [-0.39, 0.29) is 27.8 Å². The van der Waals surface area contributed by atoms with Gasteiger partial charge in [0.25, 0.3) is 5.69 Å². The SMILES string of the molecule is CC(=O)SCC(O)C(O)c1ccc(N)c([N+](=O)[O-])c1. The molecule has 0 aromatic heterocycles. The lowest BCUT2D eigenvalue weighted by molar-refractivity contribution is -0.384. The number of rotatable bonds is 5. The second-order valence-electron chi connectivity index (χ2n) is 3.89. The summed E-state index contributed by atoms with van der Waals surface area (Å²) in [5.74, 6) is 0.00861. The van der Waals surface area contributed by atoms with Crippen LogP contribution in [0.25, 0.3) is 0 Å². The highest BCUT2D eigenvalue weighted by molar-refractivity contribution is 8.13. The molecule has 1 aromatic rings. The number of nitrogen functional groups attached to an aromatic ring is 1. The van der Waals surface area contributed by atoms with E-state index in [1.165, 1.54) is 19.1 Å². The topological polar surface area (TPSA) is 127 Å². The number of benzene rings is 1. The van der Waals surface area contributed by atoms with Gasteiger partial charge in [-0.2, -0.15) is 0 Å². The monoisotopic (exact) mass is 286 g/mol. The number of nitro benzene ring substituents is 1. The molecule has 0 bridgehead atoms. The largest absolute Gasteiger partial charge is 0.393 e. The van der Waals surface area contributed by atoms with Gasteiger partial charge in [-0.1, -0.05) is 17.8 Å². The third-order valence-corrected chi connectivity index (χ3v) is 3.33. The van der Waals surface area contributed by atoms with E-state index in [2.05, 4.69) is 0 Å². The second kappa shape index (κ2) is 6.50. The molecule has 0 spiro atoms. The number of nitrogens with zero attached hydrogens (tertiary/aromatic N) is 1. The molecule has 2 atom stereocenters. The first-order valence-electron chi connectivity index (χ1n) is 5.36. The van der Waals surface area contributed by atoms with Crippen LogP contribution in [0.1, 0.15) is 18.6 Å². The van der Waals surface area contributed by atoms with Crippen LogP contribution in [-0.2, 0) is 4.79 Å². The van der Waals surface area contributed by atoms with Gasteiger partial charge in [-0.3, -0.25) is 14.9 Å². The van der Waals surface area contributed by atoms with Gasteiger partial charge >= 0.3 is 0 Å². The maximum absolute atomic E-state index is 10.8. The van der Waals surface area contributed by atoms with Crippen LogP contribution < -0.4 is 5.73 Å². The lowest BCUT2D eigenvalue weighted by atomic mass is 10.0. The van der Waals surface area contributed by atoms with E-state index >= 15 is 0 Å². The van der Waals surface area contributed by atoms with Crippen LogP contribution in [0.3, 0.4) is 0 Å². The summed E-state index contributed by atoms with van der Waals surface area (Å²) in [5.41, 5.74) is 5.26. The molecule has 0 saturated heterocycles. The van der Waals surface area contributed by atoms with E-state index in [0.717, 1.165) is 17.8 Å². The van der Waals surface area contributed by atoms with Crippen LogP contribution in [0.4, 0.5) is 11.4 Å². The van der Waals surface area contributed by atoms with Gasteiger partial charge in [-0.05, 0) is 11.6 Å². The number of carbonyl (C=O) groups excluding carboxylic acids is 1. The maximum Gasteiger partial charge on any atom is 0.292 e. The Bertz CT molecular complexity index is 494. The number of nitrogens with two attached hydrogens (primary N) is 1. The van der Waals surface area contributed by atoms with Gasteiger partial charge < -0.3 is 15.9 Å². The Morgan fingerprint density at radius 3 is 2.68 bits per heavy atom. The molecule has 0 aliphatic heterocycles. The molecule has 4 N–H and O–H groups in total. The molecule has 0 radical (unpaired) electrons. The van der Waals surface area contributed by atoms with Crippen LogP contribution in [-0.4, -0.2) is 32.1 Å². The summed E-state index contributed by atoms with van der Waals surface area (Å²) in [5, 5.41) is 30.1. The average Bonchev–Trinajstić information content (AvgIpc) is 2.35. The summed E-state index contributed by atoms with van der Waals surface area (Å²) in [4.78, 5) is 20.8. The number of nitro groups is 1. The molecule has 0 heterocycles. The molecule has 0 aliphatic carbocycles. The molecule has 7 nitrogen and oxygen atoms in total. The molecule has 0 amide bonds. The number of thioether (sulfide) groups is 1. The van der Waals surface area contributed by atoms with Gasteiger partial charge in [-0.15, -0.1) is 0 Å². The van der Waals surface area contributed by atoms with Crippen molar-refractivity contribution in [3.63, 3.8) is 0 Å². The van der Waals surface area contributed by atoms with Crippen molar-refractivity contribution in [1.29, 1.82) is 0 Å². The number of aliphatic hydroxyl groups excluding tert-OH is 2. The molecule has 1 aromatic carbocycles. The number of aliphatic hydroxyl groups is 2. The Morgan fingerprint density at radius 1 is 1.53 bits per heavy atom. The van der Waals surface area contributed by atoms with Crippen molar-refractivity contribution in [2.24, 2.45) is 0 Å². The Kier molecular flexibility index (Phi) is 5.28. The predicted molar refractivity (Wildman–Crippen MR) is 71.6 cm³/mol. The van der Waals surface area contributed by atoms with Crippen LogP contribution in [0.2, 0.25) is 0 Å².